The van der Waals surface area contributed by atoms with Crippen molar-refractivity contribution >= 4 is 27.5 Å². The third kappa shape index (κ3) is 5.35. The minimum absolute atomic E-state index is 0.0280. The first-order chi connectivity index (χ1) is 11.5. The van der Waals surface area contributed by atoms with Crippen LogP contribution in [0.3, 0.4) is 0 Å². The summed E-state index contributed by atoms with van der Waals surface area (Å²) in [7, 11) is 3.57. The smallest absolute Gasteiger partial charge is 0.238 e. The molecule has 0 aliphatic rings. The molecule has 0 aromatic heterocycles. The number of ether oxygens (including phenoxy) is 1. The quantitative estimate of drug-likeness (QED) is 0.773. The van der Waals surface area contributed by atoms with E-state index < -0.39 is 0 Å². The lowest BCUT2D eigenvalue weighted by molar-refractivity contribution is -0.117. The maximum Gasteiger partial charge on any atom is 0.238 e. The van der Waals surface area contributed by atoms with Crippen molar-refractivity contribution in [1.29, 1.82) is 0 Å². The number of anilines is 1. The molecule has 0 bridgehead atoms. The van der Waals surface area contributed by atoms with E-state index in [-0.39, 0.29) is 5.91 Å². The van der Waals surface area contributed by atoms with E-state index in [2.05, 4.69) is 34.2 Å². The molecule has 1 N–H and O–H groups in total. The summed E-state index contributed by atoms with van der Waals surface area (Å²) in [6.45, 7) is 3.04. The number of nitrogens with zero attached hydrogens (tertiary/aromatic N) is 1. The largest absolute Gasteiger partial charge is 0.496 e. The third-order valence-corrected chi connectivity index (χ3v) is 4.21. The highest BCUT2D eigenvalue weighted by Crippen LogP contribution is 2.24. The number of likely N-dealkylation sites (N-methyl/N-ethyl adjacent to an activating group) is 1. The summed E-state index contributed by atoms with van der Waals surface area (Å²) in [6, 6.07) is 13.8. The van der Waals surface area contributed by atoms with Crippen LogP contribution in [0.15, 0.2) is 46.9 Å². The molecule has 0 aliphatic heterocycles. The number of hydrogen-bond acceptors (Lipinski definition) is 3. The summed E-state index contributed by atoms with van der Waals surface area (Å²) in [5.74, 6) is 0.792. The number of benzene rings is 2. The Bertz CT molecular complexity index is 704. The van der Waals surface area contributed by atoms with Gasteiger partial charge in [-0.1, -0.05) is 35.0 Å². The van der Waals surface area contributed by atoms with E-state index in [1.54, 1.807) is 7.11 Å². The van der Waals surface area contributed by atoms with Crippen LogP contribution in [-0.4, -0.2) is 31.5 Å². The minimum Gasteiger partial charge on any atom is -0.496 e. The van der Waals surface area contributed by atoms with Crippen LogP contribution in [0.25, 0.3) is 0 Å². The van der Waals surface area contributed by atoms with Gasteiger partial charge in [-0.25, -0.2) is 0 Å². The lowest BCUT2D eigenvalue weighted by Crippen LogP contribution is -2.30. The van der Waals surface area contributed by atoms with Crippen LogP contribution in [0.4, 0.5) is 5.69 Å². The van der Waals surface area contributed by atoms with Gasteiger partial charge < -0.3 is 10.1 Å². The minimum atomic E-state index is -0.0280. The van der Waals surface area contributed by atoms with Crippen molar-refractivity contribution < 1.29 is 9.53 Å². The lowest BCUT2D eigenvalue weighted by atomic mass is 10.1. The van der Waals surface area contributed by atoms with Crippen LogP contribution >= 0.6 is 15.9 Å². The molecule has 1 amide bonds. The van der Waals surface area contributed by atoms with Crippen LogP contribution < -0.4 is 10.1 Å². The van der Waals surface area contributed by atoms with Gasteiger partial charge in [-0.3, -0.25) is 9.69 Å². The summed E-state index contributed by atoms with van der Waals surface area (Å²) < 4.78 is 6.37. The number of halogens is 1. The number of carbonyl (C=O) groups excluding carboxylic acids is 1. The molecule has 0 saturated carbocycles. The maximum absolute atomic E-state index is 12.2. The zero-order valence-corrected chi connectivity index (χ0v) is 15.9. The van der Waals surface area contributed by atoms with Gasteiger partial charge in [-0.15, -0.1) is 0 Å². The van der Waals surface area contributed by atoms with E-state index in [9.17, 15) is 4.79 Å². The molecule has 0 aliphatic carbocycles. The van der Waals surface area contributed by atoms with Gasteiger partial charge in [0.05, 0.1) is 13.7 Å². The Morgan fingerprint density at radius 3 is 2.75 bits per heavy atom. The fraction of sp³-hybridized carbons (Fsp3) is 0.316. The summed E-state index contributed by atoms with van der Waals surface area (Å²) in [6.07, 6.45) is 0.951. The van der Waals surface area contributed by atoms with Crippen LogP contribution in [0.1, 0.15) is 18.1 Å². The molecule has 0 unspecified atom stereocenters. The second kappa shape index (κ2) is 8.85. The van der Waals surface area contributed by atoms with E-state index in [0.717, 1.165) is 27.9 Å². The second-order valence-electron chi connectivity index (χ2n) is 5.73. The molecule has 0 spiro atoms. The standard InChI is InChI=1S/C19H23BrN2O2/c1-4-14-6-5-7-17(10-14)21-19(23)13-22(2)12-15-11-16(20)8-9-18(15)24-3/h5-11H,4,12-13H2,1-3H3,(H,21,23). The molecular formula is C19H23BrN2O2. The van der Waals surface area contributed by atoms with Gasteiger partial charge in [0, 0.05) is 22.3 Å². The van der Waals surface area contributed by atoms with Gasteiger partial charge in [-0.05, 0) is 49.4 Å². The average molecular weight is 391 g/mol. The molecule has 0 atom stereocenters. The number of amides is 1. The molecule has 24 heavy (non-hydrogen) atoms. The average Bonchev–Trinajstić information content (AvgIpc) is 2.55. The van der Waals surface area contributed by atoms with Crippen molar-refractivity contribution in [3.8, 4) is 5.75 Å². The van der Waals surface area contributed by atoms with Crippen molar-refractivity contribution in [2.75, 3.05) is 26.0 Å². The van der Waals surface area contributed by atoms with Crippen LogP contribution in [0.2, 0.25) is 0 Å². The Morgan fingerprint density at radius 2 is 2.04 bits per heavy atom. The van der Waals surface area contributed by atoms with Gasteiger partial charge >= 0.3 is 0 Å². The number of aryl methyl sites for hydroxylation is 1. The molecule has 128 valence electrons. The lowest BCUT2D eigenvalue weighted by Gasteiger charge is -2.18. The normalized spacial score (nSPS) is 10.7. The van der Waals surface area contributed by atoms with Crippen molar-refractivity contribution in [3.05, 3.63) is 58.1 Å². The highest BCUT2D eigenvalue weighted by Gasteiger charge is 2.11. The molecule has 0 heterocycles. The van der Waals surface area contributed by atoms with Crippen molar-refractivity contribution in [2.45, 2.75) is 19.9 Å². The molecule has 2 rings (SSSR count). The molecule has 0 radical (unpaired) electrons. The van der Waals surface area contributed by atoms with Crippen molar-refractivity contribution in [3.63, 3.8) is 0 Å². The SMILES string of the molecule is CCc1cccc(NC(=O)CN(C)Cc2cc(Br)ccc2OC)c1. The first-order valence-corrected chi connectivity index (χ1v) is 8.71. The summed E-state index contributed by atoms with van der Waals surface area (Å²) in [4.78, 5) is 14.2. The van der Waals surface area contributed by atoms with Crippen molar-refractivity contribution in [1.82, 2.24) is 4.90 Å². The first-order valence-electron chi connectivity index (χ1n) is 7.91. The highest BCUT2D eigenvalue weighted by atomic mass is 79.9. The van der Waals surface area contributed by atoms with Crippen molar-refractivity contribution in [2.24, 2.45) is 0 Å². The maximum atomic E-state index is 12.2. The van der Waals surface area contributed by atoms with E-state index in [1.165, 1.54) is 5.56 Å². The number of hydrogen-bond donors (Lipinski definition) is 1. The molecule has 0 fully saturated rings. The van der Waals surface area contributed by atoms with E-state index >= 15 is 0 Å². The van der Waals surface area contributed by atoms with E-state index in [0.29, 0.717) is 13.1 Å². The number of methoxy groups -OCH3 is 1. The Kier molecular flexibility index (Phi) is 6.82. The molecule has 2 aromatic rings. The molecule has 4 nitrogen and oxygen atoms in total. The predicted octanol–water partition coefficient (Wildman–Crippen LogP) is 4.09. The van der Waals surface area contributed by atoms with Gasteiger partial charge in [0.1, 0.15) is 5.75 Å². The molecule has 5 heteroatoms. The van der Waals surface area contributed by atoms with Gasteiger partial charge in [-0.2, -0.15) is 0 Å². The zero-order chi connectivity index (χ0) is 17.5. The van der Waals surface area contributed by atoms with Gasteiger partial charge in [0.15, 0.2) is 0 Å². The van der Waals surface area contributed by atoms with Gasteiger partial charge in [0.25, 0.3) is 0 Å². The van der Waals surface area contributed by atoms with E-state index in [4.69, 9.17) is 4.74 Å². The number of nitrogens with one attached hydrogen (secondary N) is 1. The Morgan fingerprint density at radius 1 is 1.25 bits per heavy atom. The fourth-order valence-corrected chi connectivity index (χ4v) is 2.94. The fourth-order valence-electron chi connectivity index (χ4n) is 2.53. The number of rotatable bonds is 7. The summed E-state index contributed by atoms with van der Waals surface area (Å²) >= 11 is 3.47. The topological polar surface area (TPSA) is 41.6 Å². The Labute approximate surface area is 151 Å². The number of carbonyl (C=O) groups is 1. The highest BCUT2D eigenvalue weighted by molar-refractivity contribution is 9.10. The Hall–Kier alpha value is -1.85. The van der Waals surface area contributed by atoms with Crippen LogP contribution in [-0.2, 0) is 17.8 Å². The van der Waals surface area contributed by atoms with Crippen LogP contribution in [0.5, 0.6) is 5.75 Å². The molecule has 2 aromatic carbocycles. The van der Waals surface area contributed by atoms with Gasteiger partial charge in [0.2, 0.25) is 5.91 Å². The zero-order valence-electron chi connectivity index (χ0n) is 14.3. The summed E-state index contributed by atoms with van der Waals surface area (Å²) in [5.41, 5.74) is 3.09. The summed E-state index contributed by atoms with van der Waals surface area (Å²) in [5, 5.41) is 2.95. The monoisotopic (exact) mass is 390 g/mol. The Balaban J connectivity index is 1.95. The molecular weight excluding hydrogens is 368 g/mol. The first kappa shape index (κ1) is 18.5. The molecule has 0 saturated heterocycles. The second-order valence-corrected chi connectivity index (χ2v) is 6.65. The van der Waals surface area contributed by atoms with E-state index in [1.807, 2.05) is 48.3 Å². The third-order valence-electron chi connectivity index (χ3n) is 3.72. The predicted molar refractivity (Wildman–Crippen MR) is 101 cm³/mol. The van der Waals surface area contributed by atoms with Crippen LogP contribution in [0, 0.1) is 0 Å².